The number of hydrogen-bond acceptors (Lipinski definition) is 2. The Kier molecular flexibility index (Phi) is 5.44. The summed E-state index contributed by atoms with van der Waals surface area (Å²) in [6.07, 6.45) is 1.43. The van der Waals surface area contributed by atoms with Gasteiger partial charge in [0.2, 0.25) is 0 Å². The number of aromatic nitrogens is 1. The number of amides is 2. The molecule has 3 rings (SSSR count). The van der Waals surface area contributed by atoms with Crippen molar-refractivity contribution in [3.05, 3.63) is 81.8 Å². The lowest BCUT2D eigenvalue weighted by Crippen LogP contribution is -2.40. The van der Waals surface area contributed by atoms with Crippen molar-refractivity contribution in [1.82, 2.24) is 15.2 Å². The van der Waals surface area contributed by atoms with Crippen molar-refractivity contribution >= 4 is 16.8 Å². The van der Waals surface area contributed by atoms with Gasteiger partial charge in [-0.3, -0.25) is 4.79 Å². The van der Waals surface area contributed by atoms with E-state index in [1.165, 1.54) is 17.2 Å². The van der Waals surface area contributed by atoms with Crippen molar-refractivity contribution in [2.75, 3.05) is 7.05 Å². The van der Waals surface area contributed by atoms with Crippen LogP contribution in [-0.2, 0) is 0 Å². The first-order valence-electron chi connectivity index (χ1n) is 8.88. The molecule has 1 aromatic heterocycles. The van der Waals surface area contributed by atoms with Crippen molar-refractivity contribution in [2.24, 2.45) is 0 Å². The third-order valence-electron chi connectivity index (χ3n) is 4.98. The molecule has 146 valence electrons. The largest absolute Gasteiger partial charge is 0.331 e. The van der Waals surface area contributed by atoms with Crippen molar-refractivity contribution in [3.63, 3.8) is 0 Å². The number of carbonyl (C=O) groups is 1. The summed E-state index contributed by atoms with van der Waals surface area (Å²) in [6.45, 7) is 3.63. The monoisotopic (exact) mass is 385 g/mol. The molecule has 0 saturated carbocycles. The number of benzene rings is 2. The predicted molar refractivity (Wildman–Crippen MR) is 104 cm³/mol. The van der Waals surface area contributed by atoms with Gasteiger partial charge in [-0.1, -0.05) is 36.4 Å². The molecular weight excluding hydrogens is 364 g/mol. The third kappa shape index (κ3) is 3.60. The Balaban J connectivity index is 1.88. The fraction of sp³-hybridized carbons (Fsp3) is 0.238. The van der Waals surface area contributed by atoms with E-state index in [1.54, 1.807) is 14.0 Å². The number of aromatic amines is 1. The number of pyridine rings is 1. The predicted octanol–water partition coefficient (Wildman–Crippen LogP) is 4.27. The molecule has 7 heteroatoms. The van der Waals surface area contributed by atoms with Crippen LogP contribution in [0.1, 0.15) is 37.1 Å². The highest BCUT2D eigenvalue weighted by atomic mass is 19.2. The zero-order valence-electron chi connectivity index (χ0n) is 15.8. The highest BCUT2D eigenvalue weighted by molar-refractivity contribution is 5.86. The van der Waals surface area contributed by atoms with Gasteiger partial charge in [0.15, 0.2) is 11.6 Å². The summed E-state index contributed by atoms with van der Waals surface area (Å²) in [7, 11) is 1.61. The Labute approximate surface area is 161 Å². The van der Waals surface area contributed by atoms with Gasteiger partial charge in [0.1, 0.15) is 0 Å². The summed E-state index contributed by atoms with van der Waals surface area (Å²) < 4.78 is 27.7. The number of hydrogen-bond donors (Lipinski definition) is 2. The molecule has 1 heterocycles. The smallest absolute Gasteiger partial charge is 0.318 e. The van der Waals surface area contributed by atoms with Crippen LogP contribution in [0.5, 0.6) is 0 Å². The number of rotatable bonds is 4. The molecule has 0 aliphatic heterocycles. The zero-order valence-corrected chi connectivity index (χ0v) is 15.8. The average molecular weight is 385 g/mol. The van der Waals surface area contributed by atoms with Gasteiger partial charge in [-0.15, -0.1) is 0 Å². The van der Waals surface area contributed by atoms with Crippen LogP contribution in [0.2, 0.25) is 0 Å². The minimum atomic E-state index is -1.20. The van der Waals surface area contributed by atoms with Gasteiger partial charge in [0.05, 0.1) is 17.5 Å². The minimum Gasteiger partial charge on any atom is -0.331 e. The Hall–Kier alpha value is -3.22. The number of nitrogens with zero attached hydrogens (tertiary/aromatic N) is 1. The van der Waals surface area contributed by atoms with Crippen LogP contribution in [0.3, 0.4) is 0 Å². The molecule has 2 atom stereocenters. The molecular formula is C21H21F2N3O2. The van der Waals surface area contributed by atoms with Crippen molar-refractivity contribution in [2.45, 2.75) is 25.9 Å². The Morgan fingerprint density at radius 2 is 1.79 bits per heavy atom. The minimum absolute atomic E-state index is 0.206. The molecule has 2 aromatic carbocycles. The molecule has 2 amide bonds. The summed E-state index contributed by atoms with van der Waals surface area (Å²) in [5.74, 6) is -2.29. The highest BCUT2D eigenvalue weighted by Gasteiger charge is 2.23. The molecule has 0 bridgehead atoms. The fourth-order valence-corrected chi connectivity index (χ4v) is 3.15. The van der Waals surface area contributed by atoms with E-state index < -0.39 is 23.2 Å². The van der Waals surface area contributed by atoms with Crippen LogP contribution in [-0.4, -0.2) is 23.0 Å². The van der Waals surface area contributed by atoms with Gasteiger partial charge in [-0.25, -0.2) is 13.6 Å². The molecule has 0 aliphatic rings. The standard InChI is InChI=1S/C21H21F2N3O2/c1-12(14-7-5-4-6-8-14)25-21(28)26(3)13(2)16-11-24-20(27)18-15(16)9-10-17(22)19(18)23/h4-13H,1-3H3,(H,24,27)(H,25,28)/t12-,13+/m0/s1. The fourth-order valence-electron chi connectivity index (χ4n) is 3.15. The number of nitrogens with one attached hydrogen (secondary N) is 2. The first-order chi connectivity index (χ1) is 13.3. The summed E-state index contributed by atoms with van der Waals surface area (Å²) in [4.78, 5) is 28.5. The summed E-state index contributed by atoms with van der Waals surface area (Å²) >= 11 is 0. The Bertz CT molecular complexity index is 1070. The Morgan fingerprint density at radius 1 is 1.11 bits per heavy atom. The Morgan fingerprint density at radius 3 is 2.46 bits per heavy atom. The van der Waals surface area contributed by atoms with Crippen LogP contribution in [0.4, 0.5) is 13.6 Å². The first-order valence-corrected chi connectivity index (χ1v) is 8.88. The van der Waals surface area contributed by atoms with Crippen molar-refractivity contribution < 1.29 is 13.6 Å². The van der Waals surface area contributed by atoms with Gasteiger partial charge in [0, 0.05) is 13.2 Å². The van der Waals surface area contributed by atoms with E-state index in [0.29, 0.717) is 5.56 Å². The van der Waals surface area contributed by atoms with Crippen LogP contribution in [0.15, 0.2) is 53.5 Å². The average Bonchev–Trinajstić information content (AvgIpc) is 2.70. The van der Waals surface area contributed by atoms with E-state index in [0.717, 1.165) is 11.6 Å². The maximum Gasteiger partial charge on any atom is 0.318 e. The molecule has 28 heavy (non-hydrogen) atoms. The topological polar surface area (TPSA) is 65.2 Å². The lowest BCUT2D eigenvalue weighted by Gasteiger charge is -2.28. The van der Waals surface area contributed by atoms with Crippen molar-refractivity contribution in [1.29, 1.82) is 0 Å². The van der Waals surface area contributed by atoms with E-state index in [2.05, 4.69) is 10.3 Å². The number of fused-ring (bicyclic) bond motifs is 1. The van der Waals surface area contributed by atoms with E-state index in [4.69, 9.17) is 0 Å². The van der Waals surface area contributed by atoms with Crippen LogP contribution >= 0.6 is 0 Å². The molecule has 5 nitrogen and oxygen atoms in total. The zero-order chi connectivity index (χ0) is 20.4. The first kappa shape index (κ1) is 19.5. The van der Waals surface area contributed by atoms with E-state index in [-0.39, 0.29) is 22.8 Å². The van der Waals surface area contributed by atoms with Crippen LogP contribution < -0.4 is 10.9 Å². The van der Waals surface area contributed by atoms with Gasteiger partial charge in [0.25, 0.3) is 5.56 Å². The number of carbonyl (C=O) groups excluding carboxylic acids is 1. The second-order valence-electron chi connectivity index (χ2n) is 6.73. The quantitative estimate of drug-likeness (QED) is 0.704. The second kappa shape index (κ2) is 7.80. The summed E-state index contributed by atoms with van der Waals surface area (Å²) in [5, 5.41) is 2.83. The molecule has 0 fully saturated rings. The lowest BCUT2D eigenvalue weighted by molar-refractivity contribution is 0.191. The molecule has 0 saturated heterocycles. The van der Waals surface area contributed by atoms with E-state index >= 15 is 0 Å². The van der Waals surface area contributed by atoms with E-state index in [9.17, 15) is 18.4 Å². The number of H-pyrrole nitrogens is 1. The summed E-state index contributed by atoms with van der Waals surface area (Å²) in [6, 6.07) is 10.8. The highest BCUT2D eigenvalue weighted by Crippen LogP contribution is 2.27. The molecule has 0 spiro atoms. The molecule has 0 radical (unpaired) electrons. The number of halogens is 2. The maximum absolute atomic E-state index is 14.1. The summed E-state index contributed by atoms with van der Waals surface area (Å²) in [5.41, 5.74) is 0.759. The van der Waals surface area contributed by atoms with Gasteiger partial charge < -0.3 is 15.2 Å². The lowest BCUT2D eigenvalue weighted by atomic mass is 10.0. The second-order valence-corrected chi connectivity index (χ2v) is 6.73. The normalized spacial score (nSPS) is 13.2. The van der Waals surface area contributed by atoms with Gasteiger partial charge in [-0.05, 0) is 36.4 Å². The van der Waals surface area contributed by atoms with Gasteiger partial charge >= 0.3 is 6.03 Å². The van der Waals surface area contributed by atoms with Gasteiger partial charge in [-0.2, -0.15) is 0 Å². The van der Waals surface area contributed by atoms with Crippen molar-refractivity contribution in [3.8, 4) is 0 Å². The SMILES string of the molecule is C[C@H](NC(=O)N(C)[C@H](C)c1c[nH]c(=O)c2c(F)c(F)ccc12)c1ccccc1. The van der Waals surface area contributed by atoms with Crippen LogP contribution in [0.25, 0.3) is 10.8 Å². The number of urea groups is 1. The molecule has 3 aromatic rings. The molecule has 0 aliphatic carbocycles. The third-order valence-corrected chi connectivity index (χ3v) is 4.98. The maximum atomic E-state index is 14.1. The molecule has 2 N–H and O–H groups in total. The van der Waals surface area contributed by atoms with Crippen LogP contribution in [0, 0.1) is 11.6 Å². The van der Waals surface area contributed by atoms with E-state index in [1.807, 2.05) is 37.3 Å². The molecule has 0 unspecified atom stereocenters.